The third kappa shape index (κ3) is 8.17. The second-order valence-electron chi connectivity index (χ2n) is 11.6. The zero-order chi connectivity index (χ0) is 30.6. The normalized spacial score (nSPS) is 20.8. The number of hydrogen-bond donors (Lipinski definition) is 1. The van der Waals surface area contributed by atoms with E-state index in [2.05, 4.69) is 10.3 Å². The van der Waals surface area contributed by atoms with Gasteiger partial charge in [-0.3, -0.25) is 4.79 Å². The Bertz CT molecular complexity index is 1570. The van der Waals surface area contributed by atoms with Crippen LogP contribution in [0.3, 0.4) is 0 Å². The highest BCUT2D eigenvalue weighted by molar-refractivity contribution is 8.16. The maximum absolute atomic E-state index is 13.7. The lowest BCUT2D eigenvalue weighted by Gasteiger charge is -2.25. The highest BCUT2D eigenvalue weighted by Crippen LogP contribution is 2.41. The molecule has 2 aliphatic rings. The molecule has 3 aromatic carbocycles. The summed E-state index contributed by atoms with van der Waals surface area (Å²) >= 11 is 1.28. The first-order valence-electron chi connectivity index (χ1n) is 14.0. The molecular formula is C32H35N3O6S2. The maximum Gasteiger partial charge on any atom is 0.408 e. The Balaban J connectivity index is 1.39. The number of amidine groups is 1. The Hall–Kier alpha value is -3.83. The van der Waals surface area contributed by atoms with Gasteiger partial charge in [-0.15, -0.1) is 0 Å². The van der Waals surface area contributed by atoms with Gasteiger partial charge in [-0.05, 0) is 56.2 Å². The molecule has 43 heavy (non-hydrogen) atoms. The number of hydrogen-bond acceptors (Lipinski definition) is 7. The molecule has 0 aromatic heterocycles. The van der Waals surface area contributed by atoms with Crippen LogP contribution in [0.25, 0.3) is 0 Å². The molecule has 0 bridgehead atoms. The van der Waals surface area contributed by atoms with Gasteiger partial charge in [-0.25, -0.2) is 13.2 Å². The van der Waals surface area contributed by atoms with E-state index in [9.17, 15) is 18.0 Å². The van der Waals surface area contributed by atoms with Crippen molar-refractivity contribution in [3.05, 3.63) is 96.1 Å². The van der Waals surface area contributed by atoms with Crippen molar-refractivity contribution in [3.63, 3.8) is 0 Å². The van der Waals surface area contributed by atoms with E-state index < -0.39 is 33.5 Å². The van der Waals surface area contributed by atoms with Gasteiger partial charge in [-0.1, -0.05) is 72.4 Å². The molecule has 0 radical (unpaired) electrons. The van der Waals surface area contributed by atoms with E-state index >= 15 is 0 Å². The van der Waals surface area contributed by atoms with Crippen molar-refractivity contribution >= 4 is 44.5 Å². The largest absolute Gasteiger partial charge is 0.489 e. The van der Waals surface area contributed by atoms with Gasteiger partial charge in [0.15, 0.2) is 15.0 Å². The molecular weight excluding hydrogens is 587 g/mol. The highest BCUT2D eigenvalue weighted by Gasteiger charge is 2.49. The smallest absolute Gasteiger partial charge is 0.408 e. The fourth-order valence-electron chi connectivity index (χ4n) is 4.98. The van der Waals surface area contributed by atoms with E-state index in [0.717, 1.165) is 11.1 Å². The number of amides is 2. The molecule has 3 aromatic rings. The molecule has 0 spiro atoms. The number of carbonyl (C=O) groups excluding carboxylic acids is 2. The highest BCUT2D eigenvalue weighted by atomic mass is 32.2. The molecule has 2 fully saturated rings. The molecule has 11 heteroatoms. The predicted octanol–water partition coefficient (Wildman–Crippen LogP) is 5.00. The van der Waals surface area contributed by atoms with Crippen LogP contribution in [-0.4, -0.2) is 60.0 Å². The monoisotopic (exact) mass is 621 g/mol. The van der Waals surface area contributed by atoms with Crippen LogP contribution < -0.4 is 15.0 Å². The standard InChI is InChI=1S/C32H35N3O6S2/c1-32(2,3)41-31(37)33-26(18-22-10-6-4-7-11-22)29(36)34-30-35(27-20-43(38,39)21-28(27)42-30)24-14-16-25(17-15-24)40-19-23-12-8-5-9-13-23/h4-17,26-28H,18-21H2,1-3H3,(H,33,37)/t26-,27+,28+/m1/s1. The summed E-state index contributed by atoms with van der Waals surface area (Å²) in [5, 5.41) is 2.82. The fraction of sp³-hybridized carbons (Fsp3) is 0.344. The summed E-state index contributed by atoms with van der Waals surface area (Å²) in [7, 11) is -3.24. The SMILES string of the molecule is CC(C)(C)OC(=O)N[C@H](Cc1ccccc1)C(=O)N=C1S[C@H]2CS(=O)(=O)C[C@@H]2N1c1ccc(OCc2ccccc2)cc1. The fourth-order valence-corrected chi connectivity index (χ4v) is 8.90. The average molecular weight is 622 g/mol. The summed E-state index contributed by atoms with van der Waals surface area (Å²) in [5.74, 6) is 0.0868. The molecule has 2 amide bonds. The first-order valence-corrected chi connectivity index (χ1v) is 16.7. The van der Waals surface area contributed by atoms with Crippen LogP contribution >= 0.6 is 11.8 Å². The quantitative estimate of drug-likeness (QED) is 0.374. The van der Waals surface area contributed by atoms with Gasteiger partial charge in [-0.2, -0.15) is 4.99 Å². The summed E-state index contributed by atoms with van der Waals surface area (Å²) in [6, 6.07) is 25.1. The lowest BCUT2D eigenvalue weighted by atomic mass is 10.1. The van der Waals surface area contributed by atoms with Gasteiger partial charge in [0.25, 0.3) is 5.91 Å². The number of fused-ring (bicyclic) bond motifs is 1. The van der Waals surface area contributed by atoms with Crippen molar-refractivity contribution in [2.75, 3.05) is 16.4 Å². The number of sulfone groups is 1. The van der Waals surface area contributed by atoms with Crippen LogP contribution in [0.2, 0.25) is 0 Å². The number of rotatable bonds is 8. The van der Waals surface area contributed by atoms with Gasteiger partial charge in [0, 0.05) is 17.4 Å². The Morgan fingerprint density at radius 3 is 2.21 bits per heavy atom. The minimum Gasteiger partial charge on any atom is -0.489 e. The van der Waals surface area contributed by atoms with Gasteiger partial charge in [0.05, 0.1) is 17.5 Å². The molecule has 0 saturated carbocycles. The van der Waals surface area contributed by atoms with E-state index in [0.29, 0.717) is 23.2 Å². The number of benzene rings is 3. The number of anilines is 1. The predicted molar refractivity (Wildman–Crippen MR) is 169 cm³/mol. The first-order chi connectivity index (χ1) is 20.5. The van der Waals surface area contributed by atoms with E-state index in [1.165, 1.54) is 11.8 Å². The molecule has 2 saturated heterocycles. The number of nitrogens with one attached hydrogen (secondary N) is 1. The average Bonchev–Trinajstić information content (AvgIpc) is 3.42. The second kappa shape index (κ2) is 12.8. The van der Waals surface area contributed by atoms with Crippen LogP contribution in [0, 0.1) is 0 Å². The van der Waals surface area contributed by atoms with E-state index in [1.54, 1.807) is 20.8 Å². The van der Waals surface area contributed by atoms with Crippen molar-refractivity contribution in [1.29, 1.82) is 0 Å². The van der Waals surface area contributed by atoms with Gasteiger partial charge >= 0.3 is 6.09 Å². The minimum atomic E-state index is -3.24. The van der Waals surface area contributed by atoms with Crippen LogP contribution in [0.4, 0.5) is 10.5 Å². The van der Waals surface area contributed by atoms with E-state index in [1.807, 2.05) is 89.8 Å². The minimum absolute atomic E-state index is 0.00785. The molecule has 0 unspecified atom stereocenters. The van der Waals surface area contributed by atoms with Gasteiger partial charge < -0.3 is 19.7 Å². The Kier molecular flexibility index (Phi) is 9.12. The van der Waals surface area contributed by atoms with Crippen molar-refractivity contribution in [1.82, 2.24) is 5.32 Å². The molecule has 2 aliphatic heterocycles. The van der Waals surface area contributed by atoms with Crippen molar-refractivity contribution in [3.8, 4) is 5.75 Å². The van der Waals surface area contributed by atoms with Crippen molar-refractivity contribution in [2.45, 2.75) is 56.7 Å². The zero-order valence-corrected chi connectivity index (χ0v) is 25.9. The lowest BCUT2D eigenvalue weighted by molar-refractivity contribution is -0.119. The van der Waals surface area contributed by atoms with E-state index in [4.69, 9.17) is 9.47 Å². The number of nitrogens with zero attached hydrogens (tertiary/aromatic N) is 2. The number of aliphatic imine (C=N–C) groups is 1. The summed E-state index contributed by atoms with van der Waals surface area (Å²) in [5.41, 5.74) is 1.85. The molecule has 0 aliphatic carbocycles. The molecule has 226 valence electrons. The second-order valence-corrected chi connectivity index (χ2v) is 14.9. The molecule has 9 nitrogen and oxygen atoms in total. The molecule has 5 rings (SSSR count). The third-order valence-corrected chi connectivity index (χ3v) is 10.1. The summed E-state index contributed by atoms with van der Waals surface area (Å²) in [6.07, 6.45) is -0.498. The topological polar surface area (TPSA) is 114 Å². The lowest BCUT2D eigenvalue weighted by Crippen LogP contribution is -2.45. The molecule has 3 atom stereocenters. The third-order valence-electron chi connectivity index (χ3n) is 6.91. The maximum atomic E-state index is 13.7. The Morgan fingerprint density at radius 2 is 1.58 bits per heavy atom. The Labute approximate surface area is 256 Å². The van der Waals surface area contributed by atoms with Crippen LogP contribution in [0.15, 0.2) is 89.9 Å². The summed E-state index contributed by atoms with van der Waals surface area (Å²) in [4.78, 5) is 32.6. The summed E-state index contributed by atoms with van der Waals surface area (Å²) < 4.78 is 36.4. The van der Waals surface area contributed by atoms with Crippen LogP contribution in [0.1, 0.15) is 31.9 Å². The van der Waals surface area contributed by atoms with Crippen LogP contribution in [-0.2, 0) is 32.4 Å². The summed E-state index contributed by atoms with van der Waals surface area (Å²) in [6.45, 7) is 5.66. The number of thioether (sulfide) groups is 1. The number of alkyl carbamates (subject to hydrolysis) is 1. The number of carbonyl (C=O) groups is 2. The molecule has 1 N–H and O–H groups in total. The van der Waals surface area contributed by atoms with Crippen LogP contribution in [0.5, 0.6) is 5.75 Å². The van der Waals surface area contributed by atoms with Gasteiger partial charge in [0.2, 0.25) is 0 Å². The Morgan fingerprint density at radius 1 is 0.953 bits per heavy atom. The zero-order valence-electron chi connectivity index (χ0n) is 24.3. The molecule has 2 heterocycles. The van der Waals surface area contributed by atoms with Gasteiger partial charge in [0.1, 0.15) is 24.0 Å². The number of ether oxygens (including phenoxy) is 2. The van der Waals surface area contributed by atoms with Crippen molar-refractivity contribution < 1.29 is 27.5 Å². The van der Waals surface area contributed by atoms with E-state index in [-0.39, 0.29) is 29.2 Å². The van der Waals surface area contributed by atoms with Crippen molar-refractivity contribution in [2.24, 2.45) is 4.99 Å². The first kappa shape index (κ1) is 30.6.